The molecule has 0 aromatic heterocycles. The zero-order valence-corrected chi connectivity index (χ0v) is 4.65. The van der Waals surface area contributed by atoms with Crippen LogP contribution in [0.5, 0.6) is 0 Å². The van der Waals surface area contributed by atoms with Crippen molar-refractivity contribution >= 4 is 99.5 Å². The molecule has 0 aliphatic rings. The van der Waals surface area contributed by atoms with Crippen molar-refractivity contribution in [2.45, 2.75) is 0 Å². The molecule has 0 aliphatic carbocycles. The Morgan fingerprint density at radius 2 is 1.27 bits per heavy atom. The van der Waals surface area contributed by atoms with Crippen molar-refractivity contribution in [2.24, 2.45) is 0 Å². The Morgan fingerprint density at radius 1 is 1.27 bits per heavy atom. The molecule has 0 aromatic rings. The van der Waals surface area contributed by atoms with Crippen LogP contribution in [0.15, 0.2) is 0 Å². The minimum absolute atomic E-state index is 0. The van der Waals surface area contributed by atoms with E-state index in [1.807, 2.05) is 0 Å². The SMILES string of the molecule is O=S(=O)(O)O.O=[N+]([O-])O.[CaH2].[KH]. The van der Waals surface area contributed by atoms with E-state index >= 15 is 0 Å². The number of hydrogen-bond donors (Lipinski definition) is 3. The van der Waals surface area contributed by atoms with Crippen LogP contribution in [0.4, 0.5) is 0 Å². The Bertz CT molecular complexity index is 161. The molecule has 0 fully saturated rings. The summed E-state index contributed by atoms with van der Waals surface area (Å²) in [6, 6.07) is 0. The second kappa shape index (κ2) is 12.0. The molecule has 11 heteroatoms. The van der Waals surface area contributed by atoms with Gasteiger partial charge < -0.3 is 5.21 Å². The zero-order chi connectivity index (χ0) is 8.08. The first-order chi connectivity index (χ1) is 3.73. The molecule has 0 radical (unpaired) electrons. The summed E-state index contributed by atoms with van der Waals surface area (Å²) in [7, 11) is -4.67. The molecule has 11 heavy (non-hydrogen) atoms. The molecule has 0 unspecified atom stereocenters. The molecule has 0 saturated heterocycles. The summed E-state index contributed by atoms with van der Waals surface area (Å²) < 4.78 is 31.6. The second-order valence-corrected chi connectivity index (χ2v) is 1.58. The Balaban J connectivity index is -0.0000000383. The van der Waals surface area contributed by atoms with Gasteiger partial charge in [-0.1, -0.05) is 0 Å². The van der Waals surface area contributed by atoms with Crippen LogP contribution in [0.2, 0.25) is 0 Å². The van der Waals surface area contributed by atoms with Gasteiger partial charge in [-0.15, -0.1) is 10.1 Å². The Labute approximate surface area is 134 Å². The fraction of sp³-hybridized carbons (Fsp3) is 0. The Hall–Kier alpha value is 1.97. The molecule has 8 nitrogen and oxygen atoms in total. The molecule has 0 atom stereocenters. The van der Waals surface area contributed by atoms with Crippen molar-refractivity contribution in [1.29, 1.82) is 0 Å². The van der Waals surface area contributed by atoms with Gasteiger partial charge in [-0.2, -0.15) is 8.42 Å². The van der Waals surface area contributed by atoms with Gasteiger partial charge in [-0.25, -0.2) is 0 Å². The van der Waals surface area contributed by atoms with E-state index in [1.54, 1.807) is 0 Å². The van der Waals surface area contributed by atoms with Gasteiger partial charge in [-0.05, 0) is 0 Å². The molecule has 3 N–H and O–H groups in total. The van der Waals surface area contributed by atoms with E-state index in [1.165, 1.54) is 0 Å². The van der Waals surface area contributed by atoms with E-state index in [-0.39, 0.29) is 89.1 Å². The Kier molecular flexibility index (Phi) is 25.1. The molecule has 0 saturated carbocycles. The summed E-state index contributed by atoms with van der Waals surface area (Å²) in [5.41, 5.74) is 0. The predicted molar refractivity (Wildman–Crippen MR) is 38.7 cm³/mol. The normalized spacial score (nSPS) is 7.45. The van der Waals surface area contributed by atoms with Gasteiger partial charge in [0.2, 0.25) is 0 Å². The van der Waals surface area contributed by atoms with E-state index in [2.05, 4.69) is 0 Å². The monoisotopic (exact) mass is 243 g/mol. The average Bonchev–Trinajstić information content (AvgIpc) is 1.19. The molecule has 0 spiro atoms. The molecule has 0 aromatic carbocycles. The molecule has 0 heterocycles. The van der Waals surface area contributed by atoms with Gasteiger partial charge in [0.25, 0.3) is 5.09 Å². The van der Waals surface area contributed by atoms with Gasteiger partial charge in [-0.3, -0.25) is 9.11 Å². The fourth-order valence-corrected chi connectivity index (χ4v) is 0. The topological polar surface area (TPSA) is 138 Å². The second-order valence-electron chi connectivity index (χ2n) is 0.686. The first-order valence-corrected chi connectivity index (χ1v) is 2.66. The van der Waals surface area contributed by atoms with Crippen LogP contribution in [0, 0.1) is 10.1 Å². The standard InChI is InChI=1S/Ca.K.HNO3.H2O4S.3H/c;;2-1(3)4;1-5(2,3)4;;;/h;;(H,2,3,4);(H2,1,2,3,4);;;. The zero-order valence-electron chi connectivity index (χ0n) is 3.83. The van der Waals surface area contributed by atoms with Crippen molar-refractivity contribution < 1.29 is 27.8 Å². The Morgan fingerprint density at radius 3 is 1.27 bits per heavy atom. The minimum atomic E-state index is -4.67. The van der Waals surface area contributed by atoms with E-state index < -0.39 is 15.5 Å². The van der Waals surface area contributed by atoms with Crippen LogP contribution in [-0.2, 0) is 10.4 Å². The number of nitrogens with zero attached hydrogens (tertiary/aromatic N) is 1. The third-order valence-corrected chi connectivity index (χ3v) is 0. The van der Waals surface area contributed by atoms with E-state index in [0.29, 0.717) is 0 Å². The summed E-state index contributed by atoms with van der Waals surface area (Å²) in [5.74, 6) is 0. The van der Waals surface area contributed by atoms with E-state index in [4.69, 9.17) is 32.8 Å². The molecular formula is H6CaKNO7S. The quantitative estimate of drug-likeness (QED) is 0.184. The molecule has 0 bridgehead atoms. The summed E-state index contributed by atoms with van der Waals surface area (Å²) in [6.07, 6.45) is 0. The van der Waals surface area contributed by atoms with Crippen LogP contribution in [0.25, 0.3) is 0 Å². The number of hydrogen-bond acceptors (Lipinski definition) is 4. The van der Waals surface area contributed by atoms with Crippen LogP contribution in [-0.4, -0.2) is 117 Å². The van der Waals surface area contributed by atoms with Crippen molar-refractivity contribution in [2.75, 3.05) is 0 Å². The van der Waals surface area contributed by atoms with Crippen LogP contribution >= 0.6 is 0 Å². The van der Waals surface area contributed by atoms with Gasteiger partial charge in [0.1, 0.15) is 0 Å². The summed E-state index contributed by atoms with van der Waals surface area (Å²) in [4.78, 5) is 8.36. The fourth-order valence-electron chi connectivity index (χ4n) is 0. The van der Waals surface area contributed by atoms with Crippen LogP contribution in [0.3, 0.4) is 0 Å². The van der Waals surface area contributed by atoms with Crippen LogP contribution in [0.1, 0.15) is 0 Å². The maximum absolute atomic E-state index is 8.74. The molecule has 62 valence electrons. The average molecular weight is 243 g/mol. The first-order valence-electron chi connectivity index (χ1n) is 1.26. The van der Waals surface area contributed by atoms with Gasteiger partial charge in [0.05, 0.1) is 0 Å². The van der Waals surface area contributed by atoms with E-state index in [0.717, 1.165) is 0 Å². The summed E-state index contributed by atoms with van der Waals surface area (Å²) in [5, 5.41) is 13.6. The van der Waals surface area contributed by atoms with Crippen molar-refractivity contribution in [3.05, 3.63) is 10.1 Å². The van der Waals surface area contributed by atoms with Gasteiger partial charge in [0, 0.05) is 0 Å². The van der Waals surface area contributed by atoms with Gasteiger partial charge in [0.15, 0.2) is 0 Å². The van der Waals surface area contributed by atoms with E-state index in [9.17, 15) is 0 Å². The van der Waals surface area contributed by atoms with Gasteiger partial charge >= 0.3 is 99.5 Å². The van der Waals surface area contributed by atoms with Crippen molar-refractivity contribution in [3.8, 4) is 0 Å². The third kappa shape index (κ3) is 307. The van der Waals surface area contributed by atoms with Crippen LogP contribution < -0.4 is 0 Å². The predicted octanol–water partition coefficient (Wildman–Crippen LogP) is -2.57. The third-order valence-electron chi connectivity index (χ3n) is 0. The molecule has 0 rings (SSSR count). The molecule has 0 amide bonds. The molecule has 0 aliphatic heterocycles. The van der Waals surface area contributed by atoms with Crippen molar-refractivity contribution in [3.63, 3.8) is 0 Å². The number of rotatable bonds is 0. The first kappa shape index (κ1) is 23.1. The summed E-state index contributed by atoms with van der Waals surface area (Å²) in [6.45, 7) is 0. The summed E-state index contributed by atoms with van der Waals surface area (Å²) >= 11 is 0. The van der Waals surface area contributed by atoms with Crippen molar-refractivity contribution in [1.82, 2.24) is 0 Å². The molecular weight excluding hydrogens is 237 g/mol. The maximum atomic E-state index is 8.74.